The second-order valence-electron chi connectivity index (χ2n) is 4.83. The smallest absolute Gasteiger partial charge is 0.276 e. The Bertz CT molecular complexity index is 870. The maximum Gasteiger partial charge on any atom is 0.276 e. The number of rotatable bonds is 7. The molecule has 1 heterocycles. The number of nitro groups is 1. The SMILES string of the molecule is O=[N+]([O-])c1cccc(-c2nnc(SCCOc3ccc(F)cc3)o2)c1. The summed E-state index contributed by atoms with van der Waals surface area (Å²) in [4.78, 5) is 10.3. The predicted octanol–water partition coefficient (Wildman–Crippen LogP) is 3.96. The first kappa shape index (κ1) is 16.9. The second kappa shape index (κ2) is 7.75. The van der Waals surface area contributed by atoms with Crippen LogP contribution in [0.2, 0.25) is 0 Å². The van der Waals surface area contributed by atoms with Crippen LogP contribution in [0.25, 0.3) is 11.5 Å². The summed E-state index contributed by atoms with van der Waals surface area (Å²) in [6.45, 7) is 0.380. The molecule has 9 heteroatoms. The normalized spacial score (nSPS) is 10.6. The maximum atomic E-state index is 12.8. The van der Waals surface area contributed by atoms with Crippen molar-refractivity contribution >= 4 is 17.4 Å². The van der Waals surface area contributed by atoms with E-state index in [1.807, 2.05) is 0 Å². The van der Waals surface area contributed by atoms with Crippen molar-refractivity contribution in [1.29, 1.82) is 0 Å². The third-order valence-corrected chi connectivity index (χ3v) is 3.88. The van der Waals surface area contributed by atoms with Gasteiger partial charge in [0.15, 0.2) is 0 Å². The summed E-state index contributed by atoms with van der Waals surface area (Å²) >= 11 is 1.30. The third-order valence-electron chi connectivity index (χ3n) is 3.10. The van der Waals surface area contributed by atoms with Crippen molar-refractivity contribution in [2.45, 2.75) is 5.22 Å². The van der Waals surface area contributed by atoms with Gasteiger partial charge in [-0.1, -0.05) is 17.8 Å². The van der Waals surface area contributed by atoms with E-state index in [2.05, 4.69) is 10.2 Å². The topological polar surface area (TPSA) is 91.3 Å². The van der Waals surface area contributed by atoms with Crippen molar-refractivity contribution in [3.8, 4) is 17.2 Å². The van der Waals surface area contributed by atoms with Gasteiger partial charge in [0.1, 0.15) is 11.6 Å². The van der Waals surface area contributed by atoms with Crippen LogP contribution >= 0.6 is 11.8 Å². The Morgan fingerprint density at radius 3 is 2.76 bits per heavy atom. The lowest BCUT2D eigenvalue weighted by Gasteiger charge is -2.04. The van der Waals surface area contributed by atoms with Crippen molar-refractivity contribution in [1.82, 2.24) is 10.2 Å². The molecule has 0 aliphatic heterocycles. The summed E-state index contributed by atoms with van der Waals surface area (Å²) in [6.07, 6.45) is 0. The Morgan fingerprint density at radius 2 is 2.00 bits per heavy atom. The Kier molecular flexibility index (Phi) is 5.24. The van der Waals surface area contributed by atoms with E-state index in [4.69, 9.17) is 9.15 Å². The van der Waals surface area contributed by atoms with Crippen molar-refractivity contribution in [2.24, 2.45) is 0 Å². The van der Waals surface area contributed by atoms with Crippen molar-refractivity contribution in [2.75, 3.05) is 12.4 Å². The largest absolute Gasteiger partial charge is 0.493 e. The van der Waals surface area contributed by atoms with Crippen molar-refractivity contribution in [3.63, 3.8) is 0 Å². The summed E-state index contributed by atoms with van der Waals surface area (Å²) in [5.41, 5.74) is 0.439. The number of nitro benzene ring substituents is 1. The molecule has 7 nitrogen and oxygen atoms in total. The molecule has 0 saturated heterocycles. The van der Waals surface area contributed by atoms with Gasteiger partial charge in [-0.2, -0.15) is 0 Å². The molecule has 0 spiro atoms. The number of hydrogen-bond donors (Lipinski definition) is 0. The van der Waals surface area contributed by atoms with Gasteiger partial charge in [-0.15, -0.1) is 10.2 Å². The van der Waals surface area contributed by atoms with E-state index >= 15 is 0 Å². The lowest BCUT2D eigenvalue weighted by molar-refractivity contribution is -0.384. The fraction of sp³-hybridized carbons (Fsp3) is 0.125. The molecule has 25 heavy (non-hydrogen) atoms. The van der Waals surface area contributed by atoms with E-state index in [0.717, 1.165) is 0 Å². The van der Waals surface area contributed by atoms with Crippen LogP contribution < -0.4 is 4.74 Å². The van der Waals surface area contributed by atoms with Crippen LogP contribution in [0, 0.1) is 15.9 Å². The number of hydrogen-bond acceptors (Lipinski definition) is 7. The lowest BCUT2D eigenvalue weighted by Crippen LogP contribution is -1.99. The van der Waals surface area contributed by atoms with E-state index in [1.54, 1.807) is 24.3 Å². The molecular weight excluding hydrogens is 349 g/mol. The number of ether oxygens (including phenoxy) is 1. The highest BCUT2D eigenvalue weighted by molar-refractivity contribution is 7.99. The van der Waals surface area contributed by atoms with Gasteiger partial charge < -0.3 is 9.15 Å². The van der Waals surface area contributed by atoms with Crippen LogP contribution in [-0.4, -0.2) is 27.5 Å². The minimum absolute atomic E-state index is 0.0439. The van der Waals surface area contributed by atoms with Gasteiger partial charge in [0, 0.05) is 23.4 Å². The molecule has 0 aliphatic carbocycles. The predicted molar refractivity (Wildman–Crippen MR) is 89.0 cm³/mol. The molecule has 0 amide bonds. The monoisotopic (exact) mass is 361 g/mol. The first-order valence-corrected chi connectivity index (χ1v) is 8.20. The molecule has 2 aromatic carbocycles. The van der Waals surface area contributed by atoms with Crippen molar-refractivity contribution in [3.05, 3.63) is 64.5 Å². The molecule has 0 radical (unpaired) electrons. The number of thioether (sulfide) groups is 1. The summed E-state index contributed by atoms with van der Waals surface area (Å²) in [7, 11) is 0. The van der Waals surface area contributed by atoms with Crippen LogP contribution in [0.3, 0.4) is 0 Å². The van der Waals surface area contributed by atoms with E-state index in [0.29, 0.717) is 28.9 Å². The van der Waals surface area contributed by atoms with Crippen LogP contribution in [-0.2, 0) is 0 Å². The standard InChI is InChI=1S/C16H12FN3O4S/c17-12-4-6-14(7-5-12)23-8-9-25-16-19-18-15(24-16)11-2-1-3-13(10-11)20(21)22/h1-7,10H,8-9H2. The second-order valence-corrected chi connectivity index (χ2v) is 5.88. The Balaban J connectivity index is 1.54. The van der Waals surface area contributed by atoms with E-state index < -0.39 is 4.92 Å². The minimum Gasteiger partial charge on any atom is -0.493 e. The summed E-state index contributed by atoms with van der Waals surface area (Å²) in [5.74, 6) is 1.02. The van der Waals surface area contributed by atoms with Crippen LogP contribution in [0.15, 0.2) is 58.2 Å². The van der Waals surface area contributed by atoms with E-state index in [1.165, 1.54) is 36.0 Å². The fourth-order valence-electron chi connectivity index (χ4n) is 1.96. The molecule has 0 aliphatic rings. The van der Waals surface area contributed by atoms with E-state index in [9.17, 15) is 14.5 Å². The minimum atomic E-state index is -0.484. The average Bonchev–Trinajstić information content (AvgIpc) is 3.09. The zero-order valence-corrected chi connectivity index (χ0v) is 13.6. The molecule has 0 unspecified atom stereocenters. The maximum absolute atomic E-state index is 12.8. The van der Waals surface area contributed by atoms with Gasteiger partial charge in [0.05, 0.1) is 11.5 Å². The van der Waals surface area contributed by atoms with Gasteiger partial charge in [-0.3, -0.25) is 10.1 Å². The van der Waals surface area contributed by atoms with Gasteiger partial charge >= 0.3 is 0 Å². The molecule has 0 saturated carbocycles. The highest BCUT2D eigenvalue weighted by Crippen LogP contribution is 2.25. The highest BCUT2D eigenvalue weighted by atomic mass is 32.2. The first-order chi connectivity index (χ1) is 12.1. The summed E-state index contributed by atoms with van der Waals surface area (Å²) < 4.78 is 23.7. The van der Waals surface area contributed by atoms with Crippen LogP contribution in [0.4, 0.5) is 10.1 Å². The van der Waals surface area contributed by atoms with E-state index in [-0.39, 0.29) is 17.4 Å². The van der Waals surface area contributed by atoms with Gasteiger partial charge in [-0.25, -0.2) is 4.39 Å². The first-order valence-electron chi connectivity index (χ1n) is 7.21. The van der Waals surface area contributed by atoms with Gasteiger partial charge in [0.2, 0.25) is 5.89 Å². The zero-order valence-electron chi connectivity index (χ0n) is 12.8. The molecule has 1 aromatic heterocycles. The van der Waals surface area contributed by atoms with Crippen LogP contribution in [0.5, 0.6) is 5.75 Å². The molecule has 3 rings (SSSR count). The summed E-state index contributed by atoms with van der Waals surface area (Å²) in [5, 5.41) is 18.9. The zero-order chi connectivity index (χ0) is 17.6. The van der Waals surface area contributed by atoms with Crippen LogP contribution in [0.1, 0.15) is 0 Å². The van der Waals surface area contributed by atoms with Gasteiger partial charge in [-0.05, 0) is 30.3 Å². The third kappa shape index (κ3) is 4.54. The quantitative estimate of drug-likeness (QED) is 0.272. The molecular formula is C16H12FN3O4S. The number of benzene rings is 2. The Labute approximate surface area is 146 Å². The number of nitrogens with zero attached hydrogens (tertiary/aromatic N) is 3. The molecule has 128 valence electrons. The molecule has 0 fully saturated rings. The summed E-state index contributed by atoms with van der Waals surface area (Å²) in [6, 6.07) is 11.7. The fourth-order valence-corrected chi connectivity index (χ4v) is 2.53. The Hall–Kier alpha value is -2.94. The highest BCUT2D eigenvalue weighted by Gasteiger charge is 2.13. The number of halogens is 1. The molecule has 0 bridgehead atoms. The average molecular weight is 361 g/mol. The molecule has 3 aromatic rings. The van der Waals surface area contributed by atoms with Crippen molar-refractivity contribution < 1.29 is 18.5 Å². The lowest BCUT2D eigenvalue weighted by atomic mass is 10.2. The Morgan fingerprint density at radius 1 is 1.20 bits per heavy atom. The number of aromatic nitrogens is 2. The number of non-ortho nitro benzene ring substituents is 1. The molecule has 0 N–H and O–H groups in total. The van der Waals surface area contributed by atoms with Gasteiger partial charge in [0.25, 0.3) is 10.9 Å². The molecule has 0 atom stereocenters.